The van der Waals surface area contributed by atoms with Crippen LogP contribution in [-0.2, 0) is 11.2 Å². The number of hydrogen-bond acceptors (Lipinski definition) is 2. The number of aromatic amines is 1. The van der Waals surface area contributed by atoms with E-state index in [1.165, 1.54) is 0 Å². The third-order valence-corrected chi connectivity index (χ3v) is 3.34. The molecule has 0 atom stereocenters. The minimum atomic E-state index is -0.778. The minimum Gasteiger partial charge on any atom is -0.481 e. The summed E-state index contributed by atoms with van der Waals surface area (Å²) in [5, 5.41) is 9.17. The normalized spacial score (nSPS) is 12.3. The molecule has 0 unspecified atom stereocenters. The molecule has 0 fully saturated rings. The van der Waals surface area contributed by atoms with Gasteiger partial charge in [-0.3, -0.25) is 4.79 Å². The molecule has 0 aliphatic rings. The second-order valence-electron chi connectivity index (χ2n) is 5.99. The average molecular weight is 260 g/mol. The molecule has 0 spiro atoms. The van der Waals surface area contributed by atoms with E-state index in [-0.39, 0.29) is 0 Å². The van der Waals surface area contributed by atoms with Gasteiger partial charge in [0, 0.05) is 5.92 Å². The lowest BCUT2D eigenvalue weighted by atomic mass is 9.86. The Bertz CT molecular complexity index is 612. The summed E-state index contributed by atoms with van der Waals surface area (Å²) in [5.41, 5.74) is 2.16. The first kappa shape index (κ1) is 13.6. The maximum Gasteiger partial charge on any atom is 0.309 e. The van der Waals surface area contributed by atoms with Gasteiger partial charge in [-0.15, -0.1) is 0 Å². The Kier molecular flexibility index (Phi) is 3.35. The molecule has 0 radical (unpaired) electrons. The molecular weight excluding hydrogens is 240 g/mol. The van der Waals surface area contributed by atoms with Gasteiger partial charge in [0.05, 0.1) is 16.4 Å². The van der Waals surface area contributed by atoms with Crippen LogP contribution in [0.4, 0.5) is 0 Å². The smallest absolute Gasteiger partial charge is 0.309 e. The third-order valence-electron chi connectivity index (χ3n) is 3.34. The number of imidazole rings is 1. The number of benzene rings is 1. The predicted molar refractivity (Wildman–Crippen MR) is 75.3 cm³/mol. The lowest BCUT2D eigenvalue weighted by Crippen LogP contribution is -2.26. The highest BCUT2D eigenvalue weighted by molar-refractivity contribution is 5.77. The monoisotopic (exact) mass is 260 g/mol. The number of rotatable bonds is 4. The van der Waals surface area contributed by atoms with E-state index < -0.39 is 11.4 Å². The van der Waals surface area contributed by atoms with Gasteiger partial charge in [0.1, 0.15) is 5.82 Å². The van der Waals surface area contributed by atoms with E-state index >= 15 is 0 Å². The molecule has 2 N–H and O–H groups in total. The first-order chi connectivity index (χ1) is 8.79. The molecule has 102 valence electrons. The van der Waals surface area contributed by atoms with Crippen LogP contribution in [0.5, 0.6) is 0 Å². The van der Waals surface area contributed by atoms with E-state index in [2.05, 4.69) is 23.8 Å². The standard InChI is InChI=1S/C15H20N2O2/c1-9(2)13-16-11-6-5-10(7-12(11)17-13)8-15(3,4)14(18)19/h5-7,9H,8H2,1-4H3,(H,16,17)(H,18,19). The van der Waals surface area contributed by atoms with Gasteiger partial charge in [0.2, 0.25) is 0 Å². The topological polar surface area (TPSA) is 66.0 Å². The van der Waals surface area contributed by atoms with Crippen LogP contribution >= 0.6 is 0 Å². The molecule has 4 nitrogen and oxygen atoms in total. The van der Waals surface area contributed by atoms with Gasteiger partial charge >= 0.3 is 5.97 Å². The lowest BCUT2D eigenvalue weighted by Gasteiger charge is -2.18. The number of nitrogens with zero attached hydrogens (tertiary/aromatic N) is 1. The summed E-state index contributed by atoms with van der Waals surface area (Å²) in [6.07, 6.45) is 0.508. The maximum absolute atomic E-state index is 11.2. The van der Waals surface area contributed by atoms with Crippen molar-refractivity contribution in [1.29, 1.82) is 0 Å². The van der Waals surface area contributed by atoms with Crippen molar-refractivity contribution in [3.8, 4) is 0 Å². The molecule has 2 aromatic rings. The Balaban J connectivity index is 2.34. The zero-order valence-electron chi connectivity index (χ0n) is 11.8. The Morgan fingerprint density at radius 1 is 1.42 bits per heavy atom. The van der Waals surface area contributed by atoms with Gasteiger partial charge in [0.25, 0.3) is 0 Å². The van der Waals surface area contributed by atoms with Crippen LogP contribution in [0.1, 0.15) is 45.0 Å². The van der Waals surface area contributed by atoms with E-state index in [1.807, 2.05) is 18.2 Å². The van der Waals surface area contributed by atoms with E-state index in [9.17, 15) is 9.90 Å². The van der Waals surface area contributed by atoms with E-state index in [0.29, 0.717) is 12.3 Å². The molecule has 2 rings (SSSR count). The van der Waals surface area contributed by atoms with Crippen molar-refractivity contribution in [2.24, 2.45) is 5.41 Å². The first-order valence-corrected chi connectivity index (χ1v) is 6.51. The number of aromatic nitrogens is 2. The largest absolute Gasteiger partial charge is 0.481 e. The Labute approximate surface area is 112 Å². The number of aliphatic carboxylic acids is 1. The van der Waals surface area contributed by atoms with Gasteiger partial charge < -0.3 is 10.1 Å². The number of H-pyrrole nitrogens is 1. The second kappa shape index (κ2) is 4.68. The van der Waals surface area contributed by atoms with Gasteiger partial charge in [-0.05, 0) is 38.0 Å². The number of hydrogen-bond donors (Lipinski definition) is 2. The molecule has 19 heavy (non-hydrogen) atoms. The summed E-state index contributed by atoms with van der Waals surface area (Å²) in [4.78, 5) is 19.0. The molecule has 1 aromatic heterocycles. The van der Waals surface area contributed by atoms with Crippen LogP contribution in [0.3, 0.4) is 0 Å². The zero-order chi connectivity index (χ0) is 14.2. The van der Waals surface area contributed by atoms with Crippen LogP contribution < -0.4 is 0 Å². The maximum atomic E-state index is 11.2. The first-order valence-electron chi connectivity index (χ1n) is 6.51. The minimum absolute atomic E-state index is 0.353. The molecule has 0 aliphatic heterocycles. The zero-order valence-corrected chi connectivity index (χ0v) is 11.8. The van der Waals surface area contributed by atoms with E-state index in [0.717, 1.165) is 22.4 Å². The molecule has 4 heteroatoms. The lowest BCUT2D eigenvalue weighted by molar-refractivity contribution is -0.146. The summed E-state index contributed by atoms with van der Waals surface area (Å²) >= 11 is 0. The molecule has 0 saturated heterocycles. The molecule has 1 heterocycles. The summed E-state index contributed by atoms with van der Waals surface area (Å²) in [6, 6.07) is 5.90. The van der Waals surface area contributed by atoms with Crippen LogP contribution in [0.15, 0.2) is 18.2 Å². The fraction of sp³-hybridized carbons (Fsp3) is 0.467. The van der Waals surface area contributed by atoms with Crippen molar-refractivity contribution >= 4 is 17.0 Å². The van der Waals surface area contributed by atoms with Crippen molar-refractivity contribution in [1.82, 2.24) is 9.97 Å². The number of fused-ring (bicyclic) bond motifs is 1. The average Bonchev–Trinajstić information content (AvgIpc) is 2.71. The highest BCUT2D eigenvalue weighted by Gasteiger charge is 2.27. The fourth-order valence-corrected chi connectivity index (χ4v) is 2.05. The quantitative estimate of drug-likeness (QED) is 0.886. The Morgan fingerprint density at radius 2 is 2.11 bits per heavy atom. The number of nitrogens with one attached hydrogen (secondary N) is 1. The van der Waals surface area contributed by atoms with Crippen LogP contribution in [0.25, 0.3) is 11.0 Å². The van der Waals surface area contributed by atoms with E-state index in [4.69, 9.17) is 0 Å². The molecular formula is C15H20N2O2. The van der Waals surface area contributed by atoms with Crippen molar-refractivity contribution in [3.05, 3.63) is 29.6 Å². The second-order valence-corrected chi connectivity index (χ2v) is 5.99. The number of carbonyl (C=O) groups is 1. The van der Waals surface area contributed by atoms with Gasteiger partial charge in [-0.25, -0.2) is 4.98 Å². The van der Waals surface area contributed by atoms with Gasteiger partial charge in [0.15, 0.2) is 0 Å². The Morgan fingerprint density at radius 3 is 2.68 bits per heavy atom. The van der Waals surface area contributed by atoms with Crippen molar-refractivity contribution in [3.63, 3.8) is 0 Å². The third kappa shape index (κ3) is 2.78. The fourth-order valence-electron chi connectivity index (χ4n) is 2.05. The summed E-state index contributed by atoms with van der Waals surface area (Å²) in [5.74, 6) is 0.538. The van der Waals surface area contributed by atoms with Crippen LogP contribution in [0, 0.1) is 5.41 Å². The summed E-state index contributed by atoms with van der Waals surface area (Å²) in [6.45, 7) is 7.66. The van der Waals surface area contributed by atoms with Gasteiger partial charge in [-0.1, -0.05) is 19.9 Å². The number of carboxylic acids is 1. The van der Waals surface area contributed by atoms with Crippen molar-refractivity contribution in [2.75, 3.05) is 0 Å². The molecule has 0 amide bonds. The molecule has 1 aromatic carbocycles. The van der Waals surface area contributed by atoms with Crippen molar-refractivity contribution < 1.29 is 9.90 Å². The van der Waals surface area contributed by atoms with Crippen molar-refractivity contribution in [2.45, 2.75) is 40.0 Å². The highest BCUT2D eigenvalue weighted by atomic mass is 16.4. The summed E-state index contributed by atoms with van der Waals surface area (Å²) < 4.78 is 0. The SMILES string of the molecule is CC(C)c1nc2ccc(CC(C)(C)C(=O)O)cc2[nH]1. The number of carboxylic acid groups (broad SMARTS) is 1. The molecule has 0 aliphatic carbocycles. The highest BCUT2D eigenvalue weighted by Crippen LogP contribution is 2.25. The molecule has 0 bridgehead atoms. The predicted octanol–water partition coefficient (Wildman–Crippen LogP) is 3.34. The molecule has 0 saturated carbocycles. The van der Waals surface area contributed by atoms with E-state index in [1.54, 1.807) is 13.8 Å². The van der Waals surface area contributed by atoms with Crippen LogP contribution in [0.2, 0.25) is 0 Å². The van der Waals surface area contributed by atoms with Gasteiger partial charge in [-0.2, -0.15) is 0 Å². The van der Waals surface area contributed by atoms with Crippen LogP contribution in [-0.4, -0.2) is 21.0 Å². The Hall–Kier alpha value is -1.84. The summed E-state index contributed by atoms with van der Waals surface area (Å²) in [7, 11) is 0.